The summed E-state index contributed by atoms with van der Waals surface area (Å²) in [5.74, 6) is -2.41. The molecule has 3 N–H and O–H groups in total. The Labute approximate surface area is 243 Å². The van der Waals surface area contributed by atoms with Crippen LogP contribution in [0.5, 0.6) is 0 Å². The second kappa shape index (κ2) is 13.5. The molecule has 0 radical (unpaired) electrons. The van der Waals surface area contributed by atoms with Crippen LogP contribution in [0.25, 0.3) is 11.3 Å². The maximum absolute atomic E-state index is 13.4. The van der Waals surface area contributed by atoms with Gasteiger partial charge in [0.25, 0.3) is 5.91 Å². The standard InChI is InChI=1S/C28H35BN4O7S/c1-16(2)13-23(29-39-27(37)21-14-41-15-22(33(21)4)28(38)40-29)31-26(36)24(17(3)34)32-25(35)20-12-8-11-19(30-20)18-9-6-5-7-10-18/h5-12,16-17,21-24,34H,13-15H2,1-4H3,(H,31,36)(H,32,35)/t17?,21-,22+,23?,24?. The molecule has 3 unspecified atom stereocenters. The second-order valence-corrected chi connectivity index (χ2v) is 11.8. The third kappa shape index (κ3) is 7.46. The lowest BCUT2D eigenvalue weighted by atomic mass is 9.73. The smallest absolute Gasteiger partial charge is 0.497 e. The van der Waals surface area contributed by atoms with Crippen LogP contribution in [-0.2, 0) is 23.7 Å². The summed E-state index contributed by atoms with van der Waals surface area (Å²) in [5, 5.41) is 15.8. The molecule has 0 saturated carbocycles. The fourth-order valence-corrected chi connectivity index (χ4v) is 6.08. The number of aliphatic hydroxyl groups is 1. The van der Waals surface area contributed by atoms with Crippen molar-refractivity contribution in [1.29, 1.82) is 0 Å². The molecule has 2 saturated heterocycles. The van der Waals surface area contributed by atoms with E-state index in [1.54, 1.807) is 24.1 Å². The van der Waals surface area contributed by atoms with Crippen LogP contribution >= 0.6 is 11.8 Å². The zero-order chi connectivity index (χ0) is 29.7. The van der Waals surface area contributed by atoms with E-state index in [0.29, 0.717) is 23.6 Å². The van der Waals surface area contributed by atoms with Crippen LogP contribution in [0.1, 0.15) is 37.7 Å². The highest BCUT2D eigenvalue weighted by Gasteiger charge is 2.48. The largest absolute Gasteiger partial charge is 0.622 e. The molecule has 41 heavy (non-hydrogen) atoms. The molecule has 3 heterocycles. The summed E-state index contributed by atoms with van der Waals surface area (Å²) in [6, 6.07) is 11.7. The van der Waals surface area contributed by atoms with Crippen molar-refractivity contribution in [3.63, 3.8) is 0 Å². The van der Waals surface area contributed by atoms with Crippen molar-refractivity contribution in [2.24, 2.45) is 5.92 Å². The number of likely N-dealkylation sites (N-methyl/N-ethyl adjacent to an activating group) is 1. The molecule has 2 amide bonds. The fraction of sp³-hybridized carbons (Fsp3) is 0.464. The van der Waals surface area contributed by atoms with Crippen LogP contribution in [0.15, 0.2) is 48.5 Å². The summed E-state index contributed by atoms with van der Waals surface area (Å²) in [6.07, 6.45) is -0.971. The van der Waals surface area contributed by atoms with Crippen molar-refractivity contribution in [3.8, 4) is 11.3 Å². The predicted octanol–water partition coefficient (Wildman–Crippen LogP) is 1.30. The van der Waals surface area contributed by atoms with E-state index in [1.807, 2.05) is 44.2 Å². The van der Waals surface area contributed by atoms with E-state index in [4.69, 9.17) is 9.31 Å². The number of hydrogen-bond acceptors (Lipinski definition) is 10. The normalized spacial score (nSPS) is 21.6. The Kier molecular flexibility index (Phi) is 10.1. The molecule has 11 nitrogen and oxygen atoms in total. The molecule has 0 aliphatic carbocycles. The summed E-state index contributed by atoms with van der Waals surface area (Å²) in [7, 11) is 0.323. The molecule has 1 aromatic heterocycles. The first-order chi connectivity index (χ1) is 19.5. The minimum Gasteiger partial charge on any atom is -0.497 e. The van der Waals surface area contributed by atoms with Gasteiger partial charge in [-0.25, -0.2) is 4.98 Å². The van der Waals surface area contributed by atoms with Crippen molar-refractivity contribution in [1.82, 2.24) is 20.5 Å². The molecule has 2 aliphatic rings. The van der Waals surface area contributed by atoms with Gasteiger partial charge in [-0.15, -0.1) is 0 Å². The predicted molar refractivity (Wildman–Crippen MR) is 155 cm³/mol. The number of nitrogens with zero attached hydrogens (tertiary/aromatic N) is 2. The molecule has 2 bridgehead atoms. The van der Waals surface area contributed by atoms with Crippen LogP contribution in [0, 0.1) is 5.92 Å². The fourth-order valence-electron chi connectivity index (χ4n) is 4.76. The maximum atomic E-state index is 13.4. The number of pyridine rings is 1. The highest BCUT2D eigenvalue weighted by atomic mass is 32.2. The number of nitrogens with one attached hydrogen (secondary N) is 2. The minimum atomic E-state index is -1.36. The number of aliphatic hydroxyl groups excluding tert-OH is 1. The summed E-state index contributed by atoms with van der Waals surface area (Å²) in [4.78, 5) is 58.6. The van der Waals surface area contributed by atoms with E-state index in [1.165, 1.54) is 24.8 Å². The Bertz CT molecular complexity index is 1240. The zero-order valence-corrected chi connectivity index (χ0v) is 24.3. The number of hydrogen-bond donors (Lipinski definition) is 3. The topological polar surface area (TPSA) is 147 Å². The number of benzene rings is 1. The number of amides is 2. The van der Waals surface area contributed by atoms with Crippen molar-refractivity contribution < 1.29 is 33.6 Å². The molecule has 0 spiro atoms. The summed E-state index contributed by atoms with van der Waals surface area (Å²) >= 11 is 1.48. The van der Waals surface area contributed by atoms with Crippen LogP contribution in [0.3, 0.4) is 0 Å². The molecule has 2 fully saturated rings. The van der Waals surface area contributed by atoms with Gasteiger partial charge >= 0.3 is 19.1 Å². The number of carbonyl (C=O) groups excluding carboxylic acids is 4. The van der Waals surface area contributed by atoms with Gasteiger partial charge in [0.05, 0.1) is 17.7 Å². The van der Waals surface area contributed by atoms with E-state index < -0.39 is 61.0 Å². The third-order valence-electron chi connectivity index (χ3n) is 7.03. The van der Waals surface area contributed by atoms with Gasteiger partial charge < -0.3 is 25.0 Å². The third-order valence-corrected chi connectivity index (χ3v) is 8.13. The lowest BCUT2D eigenvalue weighted by Crippen LogP contribution is -2.63. The van der Waals surface area contributed by atoms with Gasteiger partial charge in [0.15, 0.2) is 0 Å². The summed E-state index contributed by atoms with van der Waals surface area (Å²) in [5.41, 5.74) is 1.47. The van der Waals surface area contributed by atoms with Gasteiger partial charge in [0, 0.05) is 17.1 Å². The molecular weight excluding hydrogens is 547 g/mol. The summed E-state index contributed by atoms with van der Waals surface area (Å²) in [6.45, 7) is 5.19. The Morgan fingerprint density at radius 2 is 1.66 bits per heavy atom. The van der Waals surface area contributed by atoms with E-state index in [9.17, 15) is 24.3 Å². The summed E-state index contributed by atoms with van der Waals surface area (Å²) < 4.78 is 11.2. The average molecular weight is 582 g/mol. The maximum Gasteiger partial charge on any atom is 0.622 e. The van der Waals surface area contributed by atoms with E-state index in [0.717, 1.165) is 5.56 Å². The number of aromatic nitrogens is 1. The van der Waals surface area contributed by atoms with Crippen molar-refractivity contribution in [3.05, 3.63) is 54.2 Å². The van der Waals surface area contributed by atoms with Gasteiger partial charge in [-0.2, -0.15) is 11.8 Å². The molecule has 2 aliphatic heterocycles. The second-order valence-electron chi connectivity index (χ2n) is 10.7. The highest BCUT2D eigenvalue weighted by Crippen LogP contribution is 2.26. The average Bonchev–Trinajstić information content (AvgIpc) is 2.94. The minimum absolute atomic E-state index is 0.0189. The Balaban J connectivity index is 1.51. The van der Waals surface area contributed by atoms with Crippen molar-refractivity contribution in [2.45, 2.75) is 57.4 Å². The van der Waals surface area contributed by atoms with Crippen LogP contribution in [0.4, 0.5) is 0 Å². The molecular formula is C28H35BN4O7S. The number of carbonyl (C=O) groups is 4. The quantitative estimate of drug-likeness (QED) is 0.370. The Morgan fingerprint density at radius 3 is 2.24 bits per heavy atom. The Morgan fingerprint density at radius 1 is 1.02 bits per heavy atom. The first-order valence-electron chi connectivity index (χ1n) is 13.6. The van der Waals surface area contributed by atoms with Gasteiger partial charge in [-0.1, -0.05) is 50.2 Å². The van der Waals surface area contributed by atoms with E-state index in [2.05, 4.69) is 15.6 Å². The molecule has 218 valence electrons. The van der Waals surface area contributed by atoms with E-state index >= 15 is 0 Å². The first kappa shape index (κ1) is 30.5. The molecule has 4 rings (SSSR count). The highest BCUT2D eigenvalue weighted by molar-refractivity contribution is 7.99. The lowest BCUT2D eigenvalue weighted by Gasteiger charge is -2.40. The number of rotatable bonds is 9. The Hall–Kier alpha value is -3.42. The van der Waals surface area contributed by atoms with Crippen LogP contribution in [0.2, 0.25) is 0 Å². The van der Waals surface area contributed by atoms with E-state index in [-0.39, 0.29) is 11.6 Å². The van der Waals surface area contributed by atoms with Gasteiger partial charge in [-0.05, 0) is 38.4 Å². The molecule has 1 aromatic carbocycles. The van der Waals surface area contributed by atoms with Crippen LogP contribution in [-0.4, -0.2) is 94.6 Å². The van der Waals surface area contributed by atoms with Crippen molar-refractivity contribution >= 4 is 42.6 Å². The number of thioether (sulfide) groups is 1. The van der Waals surface area contributed by atoms with Crippen molar-refractivity contribution in [2.75, 3.05) is 18.6 Å². The molecule has 2 aromatic rings. The molecule has 5 atom stereocenters. The van der Waals surface area contributed by atoms with Gasteiger partial charge in [0.1, 0.15) is 23.8 Å². The zero-order valence-electron chi connectivity index (χ0n) is 23.5. The number of fused-ring (bicyclic) bond motifs is 2. The monoisotopic (exact) mass is 582 g/mol. The van der Waals surface area contributed by atoms with Gasteiger partial charge in [-0.3, -0.25) is 24.1 Å². The van der Waals surface area contributed by atoms with Gasteiger partial charge in [0.2, 0.25) is 5.91 Å². The van der Waals surface area contributed by atoms with Crippen LogP contribution < -0.4 is 10.6 Å². The lowest BCUT2D eigenvalue weighted by molar-refractivity contribution is -0.153. The first-order valence-corrected chi connectivity index (χ1v) is 14.7. The SMILES string of the molecule is CC(C)CC(NC(=O)C(NC(=O)c1cccc(-c2ccccc2)n1)C(C)O)B1OC(=O)[C@H]2CSC[C@@H](C(=O)O1)N2C. The molecule has 13 heteroatoms.